The van der Waals surface area contributed by atoms with Gasteiger partial charge in [0.1, 0.15) is 0 Å². The quantitative estimate of drug-likeness (QED) is 0.277. The lowest BCUT2D eigenvalue weighted by molar-refractivity contribution is 0.458. The molecule has 1 aromatic heterocycles. The molecule has 6 rings (SSSR count). The van der Waals surface area contributed by atoms with E-state index < -0.39 is 0 Å². The number of hydrogen-bond acceptors (Lipinski definition) is 3. The number of fused-ring (bicyclic) bond motifs is 4. The molecule has 1 aliphatic heterocycles. The number of pyridine rings is 1. The van der Waals surface area contributed by atoms with Crippen LogP contribution >= 0.6 is 0 Å². The third-order valence-corrected chi connectivity index (χ3v) is 7.86. The van der Waals surface area contributed by atoms with Gasteiger partial charge in [-0.25, -0.2) is 4.98 Å². The van der Waals surface area contributed by atoms with E-state index in [2.05, 4.69) is 123 Å². The van der Waals surface area contributed by atoms with Crippen LogP contribution in [0.25, 0.3) is 32.8 Å². The monoisotopic (exact) mass is 457 g/mol. The summed E-state index contributed by atoms with van der Waals surface area (Å²) >= 11 is 0. The highest BCUT2D eigenvalue weighted by molar-refractivity contribution is 6.11. The first kappa shape index (κ1) is 21.7. The molecule has 0 radical (unpaired) electrons. The molecule has 1 aliphatic rings. The van der Waals surface area contributed by atoms with Crippen molar-refractivity contribution in [3.8, 4) is 11.1 Å². The van der Waals surface area contributed by atoms with E-state index >= 15 is 0 Å². The van der Waals surface area contributed by atoms with E-state index in [0.717, 1.165) is 29.7 Å². The smallest absolute Gasteiger partial charge is 0.153 e. The molecule has 0 spiro atoms. The van der Waals surface area contributed by atoms with E-state index in [-0.39, 0.29) is 5.41 Å². The van der Waals surface area contributed by atoms with Gasteiger partial charge in [0, 0.05) is 28.3 Å². The number of anilines is 2. The largest absolute Gasteiger partial charge is 0.285 e. The van der Waals surface area contributed by atoms with Gasteiger partial charge >= 0.3 is 0 Å². The second-order valence-electron chi connectivity index (χ2n) is 10.1. The Labute approximate surface area is 207 Å². The SMILES string of the molecule is CCC1(C)CN(c2ccccc2-c2c(C)cccc2C)Nc2nc3c1cccc3c1ccccc21. The van der Waals surface area contributed by atoms with E-state index in [1.807, 2.05) is 0 Å². The number of nitrogens with zero attached hydrogens (tertiary/aromatic N) is 2. The molecule has 0 saturated carbocycles. The summed E-state index contributed by atoms with van der Waals surface area (Å²) in [5.74, 6) is 0.912. The maximum absolute atomic E-state index is 5.25. The third-order valence-electron chi connectivity index (χ3n) is 7.86. The first-order valence-electron chi connectivity index (χ1n) is 12.5. The number of rotatable bonds is 3. The van der Waals surface area contributed by atoms with Crippen molar-refractivity contribution in [1.29, 1.82) is 0 Å². The van der Waals surface area contributed by atoms with Crippen molar-refractivity contribution >= 4 is 33.2 Å². The van der Waals surface area contributed by atoms with Gasteiger partial charge in [-0.05, 0) is 54.0 Å². The summed E-state index contributed by atoms with van der Waals surface area (Å²) in [4.78, 5) is 5.25. The molecule has 3 nitrogen and oxygen atoms in total. The number of benzene rings is 4. The summed E-state index contributed by atoms with van der Waals surface area (Å²) in [5, 5.41) is 5.95. The number of para-hydroxylation sites is 2. The van der Waals surface area contributed by atoms with E-state index in [1.54, 1.807) is 0 Å². The zero-order valence-electron chi connectivity index (χ0n) is 20.9. The summed E-state index contributed by atoms with van der Waals surface area (Å²) in [5.41, 5.74) is 12.4. The van der Waals surface area contributed by atoms with Crippen LogP contribution in [0.5, 0.6) is 0 Å². The predicted molar refractivity (Wildman–Crippen MR) is 149 cm³/mol. The molecule has 0 aliphatic carbocycles. The van der Waals surface area contributed by atoms with Crippen LogP contribution in [0, 0.1) is 13.8 Å². The molecule has 4 aromatic carbocycles. The van der Waals surface area contributed by atoms with Crippen LogP contribution in [0.2, 0.25) is 0 Å². The Morgan fingerprint density at radius 3 is 2.23 bits per heavy atom. The van der Waals surface area contributed by atoms with Gasteiger partial charge in [0.05, 0.1) is 11.2 Å². The Kier molecular flexibility index (Phi) is 5.03. The third kappa shape index (κ3) is 3.37. The molecule has 0 saturated heterocycles. The average molecular weight is 458 g/mol. The molecule has 3 heteroatoms. The molecule has 174 valence electrons. The van der Waals surface area contributed by atoms with Crippen molar-refractivity contribution in [2.45, 2.75) is 39.5 Å². The number of hydrazine groups is 1. The zero-order chi connectivity index (χ0) is 24.2. The lowest BCUT2D eigenvalue weighted by atomic mass is 9.78. The first-order chi connectivity index (χ1) is 17.0. The van der Waals surface area contributed by atoms with Gasteiger partial charge < -0.3 is 0 Å². The van der Waals surface area contributed by atoms with E-state index in [9.17, 15) is 0 Å². The molecule has 0 amide bonds. The number of aryl methyl sites for hydroxylation is 2. The van der Waals surface area contributed by atoms with Crippen LogP contribution in [0.1, 0.15) is 37.0 Å². The van der Waals surface area contributed by atoms with Crippen LogP contribution in [0.3, 0.4) is 0 Å². The van der Waals surface area contributed by atoms with Crippen molar-refractivity contribution in [1.82, 2.24) is 4.98 Å². The topological polar surface area (TPSA) is 28.2 Å². The molecule has 1 atom stereocenters. The fraction of sp³-hybridized carbons (Fsp3) is 0.219. The Hall–Kier alpha value is -3.85. The van der Waals surface area contributed by atoms with Gasteiger partial charge in [-0.3, -0.25) is 10.4 Å². The minimum absolute atomic E-state index is 0.0758. The van der Waals surface area contributed by atoms with Crippen molar-refractivity contribution in [3.63, 3.8) is 0 Å². The fourth-order valence-electron chi connectivity index (χ4n) is 5.76. The molecular formula is C32H31N3. The van der Waals surface area contributed by atoms with Gasteiger partial charge in [-0.15, -0.1) is 0 Å². The predicted octanol–water partition coefficient (Wildman–Crippen LogP) is 8.19. The van der Waals surface area contributed by atoms with Gasteiger partial charge in [0.2, 0.25) is 0 Å². The van der Waals surface area contributed by atoms with Crippen molar-refractivity contribution in [2.75, 3.05) is 17.0 Å². The molecule has 1 unspecified atom stereocenters. The molecular weight excluding hydrogens is 426 g/mol. The van der Waals surface area contributed by atoms with Crippen molar-refractivity contribution in [3.05, 3.63) is 102 Å². The fourth-order valence-corrected chi connectivity index (χ4v) is 5.76. The van der Waals surface area contributed by atoms with E-state index in [1.165, 1.54) is 44.3 Å². The number of hydrogen-bond donors (Lipinski definition) is 1. The Morgan fingerprint density at radius 1 is 0.800 bits per heavy atom. The van der Waals surface area contributed by atoms with Gasteiger partial charge in [0.15, 0.2) is 5.82 Å². The minimum Gasteiger partial charge on any atom is -0.285 e. The molecule has 35 heavy (non-hydrogen) atoms. The minimum atomic E-state index is -0.0758. The van der Waals surface area contributed by atoms with Crippen LogP contribution in [0.4, 0.5) is 11.5 Å². The van der Waals surface area contributed by atoms with Crippen LogP contribution in [0.15, 0.2) is 84.9 Å². The van der Waals surface area contributed by atoms with Gasteiger partial charge in [0.25, 0.3) is 0 Å². The Bertz CT molecular complexity index is 1570. The summed E-state index contributed by atoms with van der Waals surface area (Å²) in [6.45, 7) is 9.91. The summed E-state index contributed by atoms with van der Waals surface area (Å²) < 4.78 is 0. The van der Waals surface area contributed by atoms with Crippen LogP contribution in [-0.2, 0) is 5.41 Å². The van der Waals surface area contributed by atoms with Crippen LogP contribution in [-0.4, -0.2) is 11.5 Å². The van der Waals surface area contributed by atoms with Gasteiger partial charge in [-0.1, -0.05) is 92.7 Å². The van der Waals surface area contributed by atoms with Gasteiger partial charge in [-0.2, -0.15) is 0 Å². The number of aromatic nitrogens is 1. The molecule has 0 fully saturated rings. The Morgan fingerprint density at radius 2 is 1.46 bits per heavy atom. The molecule has 1 N–H and O–H groups in total. The lowest BCUT2D eigenvalue weighted by Gasteiger charge is -2.40. The zero-order valence-corrected chi connectivity index (χ0v) is 20.9. The number of nitrogens with one attached hydrogen (secondary N) is 1. The summed E-state index contributed by atoms with van der Waals surface area (Å²) in [6, 6.07) is 30.6. The van der Waals surface area contributed by atoms with Crippen LogP contribution < -0.4 is 10.4 Å². The maximum atomic E-state index is 5.25. The highest BCUT2D eigenvalue weighted by Crippen LogP contribution is 2.42. The highest BCUT2D eigenvalue weighted by atomic mass is 15.5. The van der Waals surface area contributed by atoms with Crippen molar-refractivity contribution in [2.24, 2.45) is 0 Å². The highest BCUT2D eigenvalue weighted by Gasteiger charge is 2.33. The Balaban J connectivity index is 1.63. The summed E-state index contributed by atoms with van der Waals surface area (Å²) in [7, 11) is 0. The average Bonchev–Trinajstić information content (AvgIpc) is 2.87. The second kappa shape index (κ2) is 8.13. The second-order valence-corrected chi connectivity index (χ2v) is 10.1. The molecule has 2 heterocycles. The maximum Gasteiger partial charge on any atom is 0.153 e. The normalized spacial score (nSPS) is 17.4. The van der Waals surface area contributed by atoms with Crippen molar-refractivity contribution < 1.29 is 0 Å². The lowest BCUT2D eigenvalue weighted by Crippen LogP contribution is -2.43. The molecule has 2 bridgehead atoms. The molecule has 5 aromatic rings. The first-order valence-corrected chi connectivity index (χ1v) is 12.5. The summed E-state index contributed by atoms with van der Waals surface area (Å²) in [6.07, 6.45) is 1.01. The standard InChI is InChI=1S/C32H31N3/c1-5-32(4)20-35(28-19-9-8-16-26(28)29-21(2)12-10-13-22(29)3)34-31-25-15-7-6-14-23(25)24-17-11-18-27(32)30(24)33-31/h6-19H,5,20H2,1-4H3,(H,33,34). The van der Waals surface area contributed by atoms with E-state index in [0.29, 0.717) is 0 Å². The van der Waals surface area contributed by atoms with E-state index in [4.69, 9.17) is 4.98 Å².